The van der Waals surface area contributed by atoms with E-state index in [0.29, 0.717) is 36.2 Å². The number of nitrogens with zero attached hydrogens (tertiary/aromatic N) is 7. The van der Waals surface area contributed by atoms with Crippen LogP contribution < -0.4 is 5.32 Å². The molecule has 1 unspecified atom stereocenters. The van der Waals surface area contributed by atoms with Crippen LogP contribution in [0.5, 0.6) is 0 Å². The highest BCUT2D eigenvalue weighted by Gasteiger charge is 2.27. The molecule has 0 spiro atoms. The van der Waals surface area contributed by atoms with Gasteiger partial charge in [0.25, 0.3) is 16.1 Å². The minimum Gasteiger partial charge on any atom is -0.466 e. The summed E-state index contributed by atoms with van der Waals surface area (Å²) >= 11 is 0. The van der Waals surface area contributed by atoms with Crippen molar-refractivity contribution in [2.45, 2.75) is 77.3 Å². The zero-order chi connectivity index (χ0) is 42.0. The van der Waals surface area contributed by atoms with E-state index in [2.05, 4.69) is 42.5 Å². The summed E-state index contributed by atoms with van der Waals surface area (Å²) in [5.41, 5.74) is 5.08. The summed E-state index contributed by atoms with van der Waals surface area (Å²) in [5.74, 6) is -0.768. The zero-order valence-corrected chi connectivity index (χ0v) is 32.4. The largest absolute Gasteiger partial charge is 0.466 e. The van der Waals surface area contributed by atoms with E-state index in [1.54, 1.807) is 12.1 Å². The van der Waals surface area contributed by atoms with E-state index in [-0.39, 0.29) is 64.1 Å². The molecule has 5 aromatic rings. The van der Waals surface area contributed by atoms with Gasteiger partial charge in [-0.2, -0.15) is 5.21 Å². The molecule has 2 N–H and O–H groups in total. The maximum absolute atomic E-state index is 14.1. The molecule has 20 heteroatoms. The molecule has 2 aromatic heterocycles. The van der Waals surface area contributed by atoms with Crippen molar-refractivity contribution in [3.8, 4) is 22.5 Å². The monoisotopic (exact) mass is 815 g/mol. The molecule has 59 heavy (non-hydrogen) atoms. The van der Waals surface area contributed by atoms with Crippen LogP contribution in [0.3, 0.4) is 0 Å². The van der Waals surface area contributed by atoms with Gasteiger partial charge in [-0.1, -0.05) is 67.9 Å². The summed E-state index contributed by atoms with van der Waals surface area (Å²) < 4.78 is 12.6. The van der Waals surface area contributed by atoms with Gasteiger partial charge in [-0.05, 0) is 72.6 Å². The summed E-state index contributed by atoms with van der Waals surface area (Å²) in [6.07, 6.45) is 3.16. The summed E-state index contributed by atoms with van der Waals surface area (Å²) in [7, 11) is 0. The second kappa shape index (κ2) is 22.1. The first-order valence-electron chi connectivity index (χ1n) is 19.2. The zero-order valence-electron chi connectivity index (χ0n) is 32.4. The molecule has 0 aliphatic rings. The van der Waals surface area contributed by atoms with Gasteiger partial charge in [0.2, 0.25) is 5.82 Å². The fraction of sp³-hybridized carbons (Fsp3) is 0.410. The number of fused-ring (bicyclic) bond motifs is 1. The molecule has 0 bridgehead atoms. The number of tetrazole rings is 1. The van der Waals surface area contributed by atoms with Crippen LogP contribution in [0.25, 0.3) is 33.5 Å². The molecule has 0 saturated heterocycles. The van der Waals surface area contributed by atoms with Crippen LogP contribution >= 0.6 is 0 Å². The molecule has 1 amide bonds. The van der Waals surface area contributed by atoms with E-state index in [1.165, 1.54) is 0 Å². The van der Waals surface area contributed by atoms with Gasteiger partial charge >= 0.3 is 11.9 Å². The molecular weight excluding hydrogens is 770 g/mol. The lowest BCUT2D eigenvalue weighted by Crippen LogP contribution is -2.42. The average molecular weight is 816 g/mol. The summed E-state index contributed by atoms with van der Waals surface area (Å²) in [6, 6.07) is 19.7. The molecule has 5 rings (SSSR count). The van der Waals surface area contributed by atoms with Crippen LogP contribution in [0.15, 0.2) is 66.7 Å². The SMILES string of the molecule is CCCCc1nc2cccc(C(=O)NC(CCC(=O)OCCCCO[N+](=O)[O-])C(=O)OCCCCO[N+](=O)[O-])c2n1Cc1ccc(-c2ccccc2-c2nn[nH]n2)cc1. The molecule has 312 valence electrons. The van der Waals surface area contributed by atoms with Gasteiger partial charge in [0, 0.05) is 24.9 Å². The lowest BCUT2D eigenvalue weighted by Gasteiger charge is -2.19. The van der Waals surface area contributed by atoms with Gasteiger partial charge in [0.15, 0.2) is 0 Å². The van der Waals surface area contributed by atoms with Crippen LogP contribution in [-0.4, -0.2) is 90.7 Å². The van der Waals surface area contributed by atoms with Crippen molar-refractivity contribution in [1.82, 2.24) is 35.5 Å². The topological polar surface area (TPSA) is 259 Å². The van der Waals surface area contributed by atoms with Crippen molar-refractivity contribution in [2.75, 3.05) is 26.4 Å². The van der Waals surface area contributed by atoms with E-state index in [9.17, 15) is 34.6 Å². The smallest absolute Gasteiger partial charge is 0.328 e. The van der Waals surface area contributed by atoms with Crippen molar-refractivity contribution in [2.24, 2.45) is 0 Å². The number of carbonyl (C=O) groups is 3. The highest BCUT2D eigenvalue weighted by molar-refractivity contribution is 6.06. The number of carbonyl (C=O) groups excluding carboxylic acids is 3. The van der Waals surface area contributed by atoms with Gasteiger partial charge in [-0.15, -0.1) is 30.4 Å². The molecule has 0 radical (unpaired) electrons. The number of amides is 1. The predicted octanol–water partition coefficient (Wildman–Crippen LogP) is 5.22. The molecule has 0 fully saturated rings. The van der Waals surface area contributed by atoms with Crippen LogP contribution in [0.4, 0.5) is 0 Å². The van der Waals surface area contributed by atoms with Crippen LogP contribution in [0.2, 0.25) is 0 Å². The Labute approximate surface area is 337 Å². The Morgan fingerprint density at radius 2 is 1.51 bits per heavy atom. The minimum atomic E-state index is -1.26. The Morgan fingerprint density at radius 3 is 2.17 bits per heavy atom. The third-order valence-electron chi connectivity index (χ3n) is 9.17. The molecule has 2 heterocycles. The number of H-pyrrole nitrogens is 1. The van der Waals surface area contributed by atoms with Gasteiger partial charge in [-0.25, -0.2) is 9.78 Å². The second-order valence-corrected chi connectivity index (χ2v) is 13.3. The number of esters is 2. The maximum Gasteiger partial charge on any atom is 0.328 e. The van der Waals surface area contributed by atoms with Crippen molar-refractivity contribution >= 4 is 28.9 Å². The third kappa shape index (κ3) is 12.8. The normalized spacial score (nSPS) is 11.5. The minimum absolute atomic E-state index is 0.0176. The van der Waals surface area contributed by atoms with Crippen LogP contribution in [0, 0.1) is 20.2 Å². The van der Waals surface area contributed by atoms with E-state index in [4.69, 9.17) is 14.5 Å². The van der Waals surface area contributed by atoms with E-state index in [0.717, 1.165) is 40.9 Å². The van der Waals surface area contributed by atoms with Gasteiger partial charge in [-0.3, -0.25) is 9.59 Å². The molecule has 3 aromatic carbocycles. The number of hydrogen-bond donors (Lipinski definition) is 2. The quantitative estimate of drug-likeness (QED) is 0.0331. The van der Waals surface area contributed by atoms with Crippen LogP contribution in [0.1, 0.15) is 80.0 Å². The number of aromatic nitrogens is 6. The molecular formula is C39H45N9O11. The van der Waals surface area contributed by atoms with E-state index in [1.807, 2.05) is 59.2 Å². The van der Waals surface area contributed by atoms with E-state index < -0.39 is 34.1 Å². The summed E-state index contributed by atoms with van der Waals surface area (Å²) in [6.45, 7) is 2.04. The first-order chi connectivity index (χ1) is 28.6. The van der Waals surface area contributed by atoms with Crippen molar-refractivity contribution in [3.63, 3.8) is 0 Å². The number of unbranched alkanes of at least 4 members (excludes halogenated alkanes) is 3. The number of para-hydroxylation sites is 1. The Kier molecular flexibility index (Phi) is 16.1. The summed E-state index contributed by atoms with van der Waals surface area (Å²) in [5, 5.41) is 36.2. The molecule has 20 nitrogen and oxygen atoms in total. The Balaban J connectivity index is 1.34. The number of hydrogen-bond acceptors (Lipinski definition) is 15. The molecule has 0 aliphatic carbocycles. The number of nitrogens with one attached hydrogen (secondary N) is 2. The van der Waals surface area contributed by atoms with Gasteiger partial charge in [0.1, 0.15) is 11.9 Å². The predicted molar refractivity (Wildman–Crippen MR) is 209 cm³/mol. The maximum atomic E-state index is 14.1. The molecule has 1 atom stereocenters. The van der Waals surface area contributed by atoms with Crippen molar-refractivity contribution in [1.29, 1.82) is 0 Å². The highest BCUT2D eigenvalue weighted by atomic mass is 17.0. The van der Waals surface area contributed by atoms with Gasteiger partial charge in [0.05, 0.1) is 43.0 Å². The first kappa shape index (κ1) is 43.1. The second-order valence-electron chi connectivity index (χ2n) is 13.3. The van der Waals surface area contributed by atoms with Crippen molar-refractivity contribution in [3.05, 3.63) is 104 Å². The molecule has 0 saturated carbocycles. The first-order valence-corrected chi connectivity index (χ1v) is 19.2. The van der Waals surface area contributed by atoms with Crippen molar-refractivity contribution < 1.29 is 43.7 Å². The average Bonchev–Trinajstić information content (AvgIpc) is 3.90. The van der Waals surface area contributed by atoms with Gasteiger partial charge < -0.3 is 29.0 Å². The third-order valence-corrected chi connectivity index (χ3v) is 9.17. The standard InChI is InChI=1S/C39H45N9O11/c1-2-3-15-34-40-32-14-10-13-31(36(32)46(34)26-27-16-18-28(19-17-27)29-11-4-5-12-30(29)37-42-44-45-43-37)38(50)41-33(39(51)57-23-7-9-25-59-48(54)55)20-21-35(49)56-22-6-8-24-58-47(52)53/h4-5,10-14,16-19,33H,2-3,6-9,15,20-26H2,1H3,(H,41,50)(H,42,43,44,45). The number of ether oxygens (including phenoxy) is 2. The highest BCUT2D eigenvalue weighted by Crippen LogP contribution is 2.30. The lowest BCUT2D eigenvalue weighted by atomic mass is 9.98. The Hall–Kier alpha value is -6.99. The number of imidazole rings is 1. The van der Waals surface area contributed by atoms with Crippen LogP contribution in [-0.2, 0) is 41.7 Å². The number of aromatic amines is 1. The number of aryl methyl sites for hydroxylation is 1. The Morgan fingerprint density at radius 1 is 0.831 bits per heavy atom. The van der Waals surface area contributed by atoms with E-state index >= 15 is 0 Å². The fourth-order valence-electron chi connectivity index (χ4n) is 6.26. The fourth-order valence-corrected chi connectivity index (χ4v) is 6.26. The lowest BCUT2D eigenvalue weighted by molar-refractivity contribution is -0.757. The number of benzene rings is 3. The number of rotatable bonds is 25. The summed E-state index contributed by atoms with van der Waals surface area (Å²) in [4.78, 5) is 74.3. The Bertz CT molecular complexity index is 2180. The molecule has 0 aliphatic heterocycles.